The van der Waals surface area contributed by atoms with E-state index in [4.69, 9.17) is 14.6 Å². The standard InChI is InChI=1S/C18H21NO4/c20-8-10-23-17-12-22-9-7-16(17)19-18(21)15-6-5-13-3-1-2-4-14(13)11-15/h1-6,11,16-17,20H,7-10,12H2,(H,19,21)/t16-,17-/m1/s1. The Morgan fingerprint density at radius 1 is 1.26 bits per heavy atom. The van der Waals surface area contributed by atoms with Gasteiger partial charge in [-0.05, 0) is 29.3 Å². The molecule has 3 rings (SSSR count). The fourth-order valence-corrected chi connectivity index (χ4v) is 2.83. The molecular formula is C18H21NO4. The lowest BCUT2D eigenvalue weighted by atomic mass is 10.0. The zero-order valence-corrected chi connectivity index (χ0v) is 12.9. The van der Waals surface area contributed by atoms with Gasteiger partial charge >= 0.3 is 0 Å². The van der Waals surface area contributed by atoms with Gasteiger partial charge in [0.05, 0.1) is 25.9 Å². The molecule has 0 bridgehead atoms. The number of carbonyl (C=O) groups excluding carboxylic acids is 1. The van der Waals surface area contributed by atoms with Crippen molar-refractivity contribution in [1.29, 1.82) is 0 Å². The summed E-state index contributed by atoms with van der Waals surface area (Å²) < 4.78 is 11.0. The van der Waals surface area contributed by atoms with Crippen LogP contribution in [0.5, 0.6) is 0 Å². The highest BCUT2D eigenvalue weighted by Gasteiger charge is 2.28. The third-order valence-corrected chi connectivity index (χ3v) is 4.06. The molecule has 2 N–H and O–H groups in total. The Balaban J connectivity index is 1.70. The molecule has 0 spiro atoms. The zero-order chi connectivity index (χ0) is 16.1. The maximum absolute atomic E-state index is 12.5. The van der Waals surface area contributed by atoms with Gasteiger partial charge in [0.2, 0.25) is 0 Å². The van der Waals surface area contributed by atoms with Crippen molar-refractivity contribution >= 4 is 16.7 Å². The van der Waals surface area contributed by atoms with E-state index in [1.807, 2.05) is 42.5 Å². The first-order valence-electron chi connectivity index (χ1n) is 7.88. The van der Waals surface area contributed by atoms with Gasteiger partial charge in [-0.3, -0.25) is 4.79 Å². The van der Waals surface area contributed by atoms with Gasteiger partial charge in [-0.15, -0.1) is 0 Å². The lowest BCUT2D eigenvalue weighted by Crippen LogP contribution is -2.50. The number of rotatable bonds is 5. The second-order valence-corrected chi connectivity index (χ2v) is 5.64. The molecule has 0 saturated carbocycles. The Labute approximate surface area is 135 Å². The highest BCUT2D eigenvalue weighted by Crippen LogP contribution is 2.17. The van der Waals surface area contributed by atoms with E-state index in [1.54, 1.807) is 0 Å². The number of amides is 1. The summed E-state index contributed by atoms with van der Waals surface area (Å²) in [5.41, 5.74) is 0.635. The summed E-state index contributed by atoms with van der Waals surface area (Å²) in [4.78, 5) is 12.5. The Morgan fingerprint density at radius 2 is 2.09 bits per heavy atom. The van der Waals surface area contributed by atoms with Crippen LogP contribution in [0.3, 0.4) is 0 Å². The summed E-state index contributed by atoms with van der Waals surface area (Å²) in [6, 6.07) is 13.5. The van der Waals surface area contributed by atoms with Crippen molar-refractivity contribution in [1.82, 2.24) is 5.32 Å². The molecule has 1 heterocycles. The first-order chi connectivity index (χ1) is 11.3. The van der Waals surface area contributed by atoms with Crippen LogP contribution in [0.25, 0.3) is 10.8 Å². The second kappa shape index (κ2) is 7.55. The van der Waals surface area contributed by atoms with Crippen molar-refractivity contribution in [2.45, 2.75) is 18.6 Å². The maximum Gasteiger partial charge on any atom is 0.251 e. The van der Waals surface area contributed by atoms with Crippen LogP contribution in [0.1, 0.15) is 16.8 Å². The number of ether oxygens (including phenoxy) is 2. The smallest absolute Gasteiger partial charge is 0.251 e. The number of fused-ring (bicyclic) bond motifs is 1. The molecule has 1 aliphatic rings. The van der Waals surface area contributed by atoms with Crippen molar-refractivity contribution in [3.8, 4) is 0 Å². The molecule has 5 heteroatoms. The van der Waals surface area contributed by atoms with E-state index >= 15 is 0 Å². The van der Waals surface area contributed by atoms with E-state index in [9.17, 15) is 4.79 Å². The Bertz CT molecular complexity index is 673. The molecule has 2 atom stereocenters. The Morgan fingerprint density at radius 3 is 2.91 bits per heavy atom. The summed E-state index contributed by atoms with van der Waals surface area (Å²) in [5, 5.41) is 14.1. The van der Waals surface area contributed by atoms with Gasteiger partial charge in [-0.25, -0.2) is 0 Å². The van der Waals surface area contributed by atoms with Crippen LogP contribution < -0.4 is 5.32 Å². The largest absolute Gasteiger partial charge is 0.394 e. The minimum Gasteiger partial charge on any atom is -0.394 e. The molecule has 0 aliphatic carbocycles. The molecule has 1 fully saturated rings. The summed E-state index contributed by atoms with van der Waals surface area (Å²) in [7, 11) is 0. The van der Waals surface area contributed by atoms with E-state index < -0.39 is 0 Å². The Kier molecular flexibility index (Phi) is 5.23. The van der Waals surface area contributed by atoms with Crippen molar-refractivity contribution in [3.05, 3.63) is 48.0 Å². The summed E-state index contributed by atoms with van der Waals surface area (Å²) in [6.45, 7) is 1.24. The molecule has 122 valence electrons. The Hall–Kier alpha value is -1.95. The predicted molar refractivity (Wildman–Crippen MR) is 87.5 cm³/mol. The van der Waals surface area contributed by atoms with Crippen LogP contribution in [0.2, 0.25) is 0 Å². The van der Waals surface area contributed by atoms with Gasteiger partial charge < -0.3 is 19.9 Å². The second-order valence-electron chi connectivity index (χ2n) is 5.64. The molecule has 0 radical (unpaired) electrons. The molecule has 23 heavy (non-hydrogen) atoms. The van der Waals surface area contributed by atoms with Crippen LogP contribution >= 0.6 is 0 Å². The first-order valence-corrected chi connectivity index (χ1v) is 7.88. The van der Waals surface area contributed by atoms with Crippen molar-refractivity contribution in [3.63, 3.8) is 0 Å². The van der Waals surface area contributed by atoms with E-state index in [2.05, 4.69) is 5.32 Å². The zero-order valence-electron chi connectivity index (χ0n) is 12.9. The van der Waals surface area contributed by atoms with Gasteiger partial charge in [-0.2, -0.15) is 0 Å². The third-order valence-electron chi connectivity index (χ3n) is 4.06. The quantitative estimate of drug-likeness (QED) is 0.882. The van der Waals surface area contributed by atoms with Crippen molar-refractivity contribution < 1.29 is 19.4 Å². The molecular weight excluding hydrogens is 294 g/mol. The number of carbonyl (C=O) groups is 1. The van der Waals surface area contributed by atoms with Crippen LogP contribution in [-0.2, 0) is 9.47 Å². The van der Waals surface area contributed by atoms with Gasteiger partial charge in [0.1, 0.15) is 6.10 Å². The molecule has 0 aromatic heterocycles. The third kappa shape index (κ3) is 3.88. The topological polar surface area (TPSA) is 67.8 Å². The van der Waals surface area contributed by atoms with E-state index in [1.165, 1.54) is 0 Å². The summed E-state index contributed by atoms with van der Waals surface area (Å²) in [6.07, 6.45) is 0.482. The first kappa shape index (κ1) is 15.9. The molecule has 1 aliphatic heterocycles. The molecule has 5 nitrogen and oxygen atoms in total. The minimum atomic E-state index is -0.222. The molecule has 1 amide bonds. The van der Waals surface area contributed by atoms with Gasteiger partial charge in [0.15, 0.2) is 0 Å². The highest BCUT2D eigenvalue weighted by atomic mass is 16.5. The van der Waals surface area contributed by atoms with Gasteiger partial charge in [0.25, 0.3) is 5.91 Å². The molecule has 2 aromatic rings. The lowest BCUT2D eigenvalue weighted by Gasteiger charge is -2.32. The van der Waals surface area contributed by atoms with Crippen molar-refractivity contribution in [2.75, 3.05) is 26.4 Å². The fourth-order valence-electron chi connectivity index (χ4n) is 2.83. The number of hydrogen-bond acceptors (Lipinski definition) is 4. The van der Waals surface area contributed by atoms with Crippen LogP contribution in [0.15, 0.2) is 42.5 Å². The summed E-state index contributed by atoms with van der Waals surface area (Å²) >= 11 is 0. The van der Waals surface area contributed by atoms with Crippen LogP contribution in [0, 0.1) is 0 Å². The average molecular weight is 315 g/mol. The number of hydrogen-bond donors (Lipinski definition) is 2. The normalized spacial score (nSPS) is 21.3. The number of aliphatic hydroxyl groups excluding tert-OH is 1. The molecule has 0 unspecified atom stereocenters. The minimum absolute atomic E-state index is 0.0398. The van der Waals surface area contributed by atoms with Gasteiger partial charge in [0, 0.05) is 12.2 Å². The fraction of sp³-hybridized carbons (Fsp3) is 0.389. The van der Waals surface area contributed by atoms with Crippen LogP contribution in [0.4, 0.5) is 0 Å². The number of aliphatic hydroxyl groups is 1. The molecule has 1 saturated heterocycles. The van der Waals surface area contributed by atoms with Crippen LogP contribution in [-0.4, -0.2) is 49.6 Å². The van der Waals surface area contributed by atoms with E-state index in [0.29, 0.717) is 25.2 Å². The SMILES string of the molecule is O=C(N[C@@H]1CCOC[C@H]1OCCO)c1ccc2ccccc2c1. The van der Waals surface area contributed by atoms with Gasteiger partial charge in [-0.1, -0.05) is 30.3 Å². The monoisotopic (exact) mass is 315 g/mol. The predicted octanol–water partition coefficient (Wildman–Crippen LogP) is 1.74. The lowest BCUT2D eigenvalue weighted by molar-refractivity contribution is -0.0737. The summed E-state index contributed by atoms with van der Waals surface area (Å²) in [5.74, 6) is -0.111. The van der Waals surface area contributed by atoms with Crippen molar-refractivity contribution in [2.24, 2.45) is 0 Å². The number of benzene rings is 2. The molecule has 2 aromatic carbocycles. The number of nitrogens with one attached hydrogen (secondary N) is 1. The maximum atomic E-state index is 12.5. The highest BCUT2D eigenvalue weighted by molar-refractivity contribution is 5.98. The average Bonchev–Trinajstić information content (AvgIpc) is 2.60. The van der Waals surface area contributed by atoms with E-state index in [0.717, 1.165) is 10.8 Å². The van der Waals surface area contributed by atoms with E-state index in [-0.39, 0.29) is 31.3 Å².